The molecule has 0 heterocycles. The summed E-state index contributed by atoms with van der Waals surface area (Å²) in [6.07, 6.45) is 2.76. The number of Topliss-reactive ketones (excluding diaryl/α,β-unsaturated/α-hetero) is 1. The van der Waals surface area contributed by atoms with Gasteiger partial charge in [-0.15, -0.1) is 0 Å². The first kappa shape index (κ1) is 15.9. The van der Waals surface area contributed by atoms with Gasteiger partial charge in [0, 0.05) is 12.5 Å². The van der Waals surface area contributed by atoms with Crippen molar-refractivity contribution in [2.45, 2.75) is 6.42 Å². The predicted molar refractivity (Wildman–Crippen MR) is 76.6 cm³/mol. The summed E-state index contributed by atoms with van der Waals surface area (Å²) in [4.78, 5) is 25.7. The predicted octanol–water partition coefficient (Wildman–Crippen LogP) is 2.17. The van der Waals surface area contributed by atoms with Crippen molar-refractivity contribution < 1.29 is 14.3 Å². The second-order valence-corrected chi connectivity index (χ2v) is 7.48. The zero-order chi connectivity index (χ0) is 13.9. The molecule has 0 aliphatic heterocycles. The Bertz CT molecular complexity index is 364. The van der Waals surface area contributed by atoms with E-state index in [4.69, 9.17) is 4.74 Å². The third kappa shape index (κ3) is 4.48. The Morgan fingerprint density at radius 1 is 1.44 bits per heavy atom. The van der Waals surface area contributed by atoms with Crippen molar-refractivity contribution in [3.05, 3.63) is 9.47 Å². The lowest BCUT2D eigenvalue weighted by atomic mass is 9.99. The highest BCUT2D eigenvalue weighted by molar-refractivity contribution is 9.28. The van der Waals surface area contributed by atoms with Crippen LogP contribution in [0, 0.1) is 17.8 Å². The van der Waals surface area contributed by atoms with Crippen molar-refractivity contribution in [2.24, 2.45) is 17.8 Å². The number of allylic oxidation sites excluding steroid dienone is 1. The second kappa shape index (κ2) is 6.82. The van der Waals surface area contributed by atoms with E-state index >= 15 is 0 Å². The third-order valence-electron chi connectivity index (χ3n) is 2.92. The van der Waals surface area contributed by atoms with E-state index in [1.54, 1.807) is 0 Å². The molecule has 1 saturated carbocycles. The van der Waals surface area contributed by atoms with Crippen molar-refractivity contribution >= 4 is 43.6 Å². The van der Waals surface area contributed by atoms with Gasteiger partial charge in [-0.2, -0.15) is 0 Å². The standard InChI is InChI=1S/C12H17Br2NO3/c1-15(2)6-9(12(17)18-3)11(16)8-4-7(8)5-10(13)14/h5,7-9H,4,6H2,1-3H3. The van der Waals surface area contributed by atoms with Crippen LogP contribution in [-0.2, 0) is 14.3 Å². The van der Waals surface area contributed by atoms with Crippen LogP contribution < -0.4 is 0 Å². The number of esters is 1. The molecule has 1 aliphatic carbocycles. The maximum Gasteiger partial charge on any atom is 0.317 e. The number of nitrogens with zero attached hydrogens (tertiary/aromatic N) is 1. The van der Waals surface area contributed by atoms with Crippen molar-refractivity contribution in [1.82, 2.24) is 4.90 Å². The topological polar surface area (TPSA) is 46.6 Å². The number of methoxy groups -OCH3 is 1. The minimum atomic E-state index is -0.678. The lowest BCUT2D eigenvalue weighted by Crippen LogP contribution is -2.35. The summed E-state index contributed by atoms with van der Waals surface area (Å²) in [6.45, 7) is 0.397. The smallest absolute Gasteiger partial charge is 0.317 e. The van der Waals surface area contributed by atoms with E-state index in [2.05, 4.69) is 31.9 Å². The molecule has 0 aromatic heterocycles. The zero-order valence-electron chi connectivity index (χ0n) is 10.7. The molecule has 0 spiro atoms. The molecule has 3 atom stereocenters. The van der Waals surface area contributed by atoms with Crippen LogP contribution in [0.15, 0.2) is 9.47 Å². The average molecular weight is 383 g/mol. The molecule has 1 rings (SSSR count). The molecule has 0 aromatic rings. The summed E-state index contributed by atoms with van der Waals surface area (Å²) < 4.78 is 5.55. The maximum absolute atomic E-state index is 12.2. The van der Waals surface area contributed by atoms with E-state index in [1.807, 2.05) is 25.1 Å². The van der Waals surface area contributed by atoms with Gasteiger partial charge in [0.1, 0.15) is 5.92 Å². The maximum atomic E-state index is 12.2. The Kier molecular flexibility index (Phi) is 6.01. The van der Waals surface area contributed by atoms with E-state index in [0.717, 1.165) is 9.81 Å². The summed E-state index contributed by atoms with van der Waals surface area (Å²) >= 11 is 6.56. The molecule has 0 bridgehead atoms. The molecule has 0 radical (unpaired) electrons. The zero-order valence-corrected chi connectivity index (χ0v) is 13.8. The van der Waals surface area contributed by atoms with Gasteiger partial charge in [0.15, 0.2) is 5.78 Å². The van der Waals surface area contributed by atoms with Crippen LogP contribution in [0.1, 0.15) is 6.42 Å². The summed E-state index contributed by atoms with van der Waals surface area (Å²) in [7, 11) is 4.99. The molecule has 1 fully saturated rings. The fourth-order valence-electron chi connectivity index (χ4n) is 1.93. The normalized spacial score (nSPS) is 23.4. The Morgan fingerprint density at radius 3 is 2.50 bits per heavy atom. The van der Waals surface area contributed by atoms with E-state index in [1.165, 1.54) is 7.11 Å². The molecule has 18 heavy (non-hydrogen) atoms. The molecule has 0 saturated heterocycles. The lowest BCUT2D eigenvalue weighted by molar-refractivity contribution is -0.150. The quantitative estimate of drug-likeness (QED) is 0.521. The summed E-state index contributed by atoms with van der Waals surface area (Å²) in [6, 6.07) is 0. The van der Waals surface area contributed by atoms with E-state index in [0.29, 0.717) is 6.54 Å². The highest BCUT2D eigenvalue weighted by Gasteiger charge is 2.46. The van der Waals surface area contributed by atoms with Gasteiger partial charge in [-0.05, 0) is 58.3 Å². The number of halogens is 2. The van der Waals surface area contributed by atoms with Crippen LogP contribution in [0.4, 0.5) is 0 Å². The van der Waals surface area contributed by atoms with Gasteiger partial charge in [-0.25, -0.2) is 0 Å². The minimum Gasteiger partial charge on any atom is -0.468 e. The molecular formula is C12H17Br2NO3. The van der Waals surface area contributed by atoms with Crippen molar-refractivity contribution in [3.63, 3.8) is 0 Å². The third-order valence-corrected chi connectivity index (χ3v) is 3.45. The molecule has 3 unspecified atom stereocenters. The van der Waals surface area contributed by atoms with Crippen LogP contribution in [0.25, 0.3) is 0 Å². The Hall–Kier alpha value is -0.200. The van der Waals surface area contributed by atoms with Gasteiger partial charge in [-0.3, -0.25) is 9.59 Å². The van der Waals surface area contributed by atoms with Crippen LogP contribution >= 0.6 is 31.9 Å². The fourth-order valence-corrected chi connectivity index (χ4v) is 2.61. The average Bonchev–Trinajstić information content (AvgIpc) is 3.02. The molecule has 1 aliphatic rings. The Balaban J connectivity index is 2.67. The fraction of sp³-hybridized carbons (Fsp3) is 0.667. The molecule has 4 nitrogen and oxygen atoms in total. The number of rotatable bonds is 6. The first-order valence-electron chi connectivity index (χ1n) is 5.66. The van der Waals surface area contributed by atoms with Gasteiger partial charge in [0.2, 0.25) is 0 Å². The SMILES string of the molecule is COC(=O)C(CN(C)C)C(=O)C1CC1C=C(Br)Br. The molecule has 0 amide bonds. The number of hydrogen-bond donors (Lipinski definition) is 0. The van der Waals surface area contributed by atoms with E-state index in [-0.39, 0.29) is 17.6 Å². The number of ketones is 1. The van der Waals surface area contributed by atoms with Crippen molar-refractivity contribution in [3.8, 4) is 0 Å². The summed E-state index contributed by atoms with van der Waals surface area (Å²) in [5.41, 5.74) is 0. The summed E-state index contributed by atoms with van der Waals surface area (Å²) in [5, 5.41) is 0. The molecule has 6 heteroatoms. The minimum absolute atomic E-state index is 0.0157. The van der Waals surface area contributed by atoms with E-state index in [9.17, 15) is 9.59 Å². The van der Waals surface area contributed by atoms with Gasteiger partial charge < -0.3 is 9.64 Å². The van der Waals surface area contributed by atoms with Crippen LogP contribution in [0.3, 0.4) is 0 Å². The van der Waals surface area contributed by atoms with Crippen molar-refractivity contribution in [2.75, 3.05) is 27.7 Å². The number of carbonyl (C=O) groups excluding carboxylic acids is 2. The molecule has 102 valence electrons. The monoisotopic (exact) mass is 381 g/mol. The Labute approximate surface area is 124 Å². The van der Waals surface area contributed by atoms with Crippen LogP contribution in [0.2, 0.25) is 0 Å². The molecule has 0 aromatic carbocycles. The van der Waals surface area contributed by atoms with Gasteiger partial charge >= 0.3 is 5.97 Å². The van der Waals surface area contributed by atoms with Crippen LogP contribution in [0.5, 0.6) is 0 Å². The molecular weight excluding hydrogens is 366 g/mol. The van der Waals surface area contributed by atoms with Crippen molar-refractivity contribution in [1.29, 1.82) is 0 Å². The first-order chi connectivity index (χ1) is 8.36. The lowest BCUT2D eigenvalue weighted by Gasteiger charge is -2.17. The van der Waals surface area contributed by atoms with Crippen LogP contribution in [-0.4, -0.2) is 44.4 Å². The molecule has 0 N–H and O–H groups in total. The Morgan fingerprint density at radius 2 is 2.06 bits per heavy atom. The van der Waals surface area contributed by atoms with Gasteiger partial charge in [-0.1, -0.05) is 6.08 Å². The summed E-state index contributed by atoms with van der Waals surface area (Å²) in [5.74, 6) is -0.971. The number of carbonyl (C=O) groups is 2. The highest BCUT2D eigenvalue weighted by atomic mass is 79.9. The first-order valence-corrected chi connectivity index (χ1v) is 7.24. The van der Waals surface area contributed by atoms with Gasteiger partial charge in [0.25, 0.3) is 0 Å². The highest BCUT2D eigenvalue weighted by Crippen LogP contribution is 2.44. The van der Waals surface area contributed by atoms with Gasteiger partial charge in [0.05, 0.1) is 10.5 Å². The number of ether oxygens (including phenoxy) is 1. The number of hydrogen-bond acceptors (Lipinski definition) is 4. The largest absolute Gasteiger partial charge is 0.468 e. The van der Waals surface area contributed by atoms with E-state index < -0.39 is 11.9 Å². The second-order valence-electron chi connectivity index (χ2n) is 4.70.